The Bertz CT molecular complexity index is 880. The molecule has 1 amide bonds. The predicted octanol–water partition coefficient (Wildman–Crippen LogP) is 1.94. The third kappa shape index (κ3) is 3.03. The van der Waals surface area contributed by atoms with E-state index in [4.69, 9.17) is 4.74 Å². The Morgan fingerprint density at radius 2 is 2.04 bits per heavy atom. The van der Waals surface area contributed by atoms with Gasteiger partial charge in [0.15, 0.2) is 0 Å². The Kier molecular flexibility index (Phi) is 4.30. The van der Waals surface area contributed by atoms with Crippen molar-refractivity contribution < 1.29 is 9.53 Å². The first-order valence-corrected chi connectivity index (χ1v) is 9.15. The van der Waals surface area contributed by atoms with Gasteiger partial charge in [0.2, 0.25) is 5.91 Å². The molecule has 0 atom stereocenters. The number of nitrogens with zero attached hydrogens (tertiary/aromatic N) is 6. The largest absolute Gasteiger partial charge is 0.490 e. The van der Waals surface area contributed by atoms with E-state index in [9.17, 15) is 10.1 Å². The second kappa shape index (κ2) is 6.65. The molecule has 3 heterocycles. The minimum atomic E-state index is -0.478. The van der Waals surface area contributed by atoms with Crippen molar-refractivity contribution in [3.8, 4) is 11.8 Å². The molecule has 8 heteroatoms. The number of carbonyl (C=O) groups excluding carboxylic acids is 1. The van der Waals surface area contributed by atoms with E-state index in [1.54, 1.807) is 23.4 Å². The van der Waals surface area contributed by atoms with E-state index in [-0.39, 0.29) is 17.9 Å². The molecular formula is C19H22N6O2. The fourth-order valence-electron chi connectivity index (χ4n) is 3.93. The van der Waals surface area contributed by atoms with Crippen molar-refractivity contribution in [3.63, 3.8) is 0 Å². The first-order chi connectivity index (χ1) is 13.0. The monoisotopic (exact) mass is 366 g/mol. The van der Waals surface area contributed by atoms with Crippen LogP contribution in [0.4, 0.5) is 0 Å². The van der Waals surface area contributed by atoms with Crippen molar-refractivity contribution in [2.24, 2.45) is 11.3 Å². The van der Waals surface area contributed by atoms with Crippen molar-refractivity contribution in [2.75, 3.05) is 13.2 Å². The number of nitriles is 1. The van der Waals surface area contributed by atoms with E-state index < -0.39 is 5.41 Å². The summed E-state index contributed by atoms with van der Waals surface area (Å²) in [6.07, 6.45) is 8.34. The molecule has 0 saturated heterocycles. The highest BCUT2D eigenvalue weighted by Gasteiger charge is 2.47. The van der Waals surface area contributed by atoms with Crippen LogP contribution in [0, 0.1) is 22.7 Å². The molecule has 1 fully saturated rings. The summed E-state index contributed by atoms with van der Waals surface area (Å²) < 4.78 is 5.75. The number of pyridine rings is 1. The summed E-state index contributed by atoms with van der Waals surface area (Å²) in [6.45, 7) is 5.32. The van der Waals surface area contributed by atoms with Crippen LogP contribution in [0.25, 0.3) is 0 Å². The Labute approximate surface area is 157 Å². The lowest BCUT2D eigenvalue weighted by Crippen LogP contribution is -2.49. The number of hydrogen-bond acceptors (Lipinski definition) is 6. The number of fused-ring (bicyclic) bond motifs is 1. The second-order valence-electron chi connectivity index (χ2n) is 7.76. The zero-order chi connectivity index (χ0) is 19.0. The molecule has 1 saturated carbocycles. The molecule has 140 valence electrons. The number of ether oxygens (including phenoxy) is 1. The molecule has 1 aliphatic carbocycles. The van der Waals surface area contributed by atoms with Gasteiger partial charge in [-0.15, -0.1) is 0 Å². The summed E-state index contributed by atoms with van der Waals surface area (Å²) >= 11 is 0. The number of carbonyl (C=O) groups is 1. The third-order valence-electron chi connectivity index (χ3n) is 5.79. The van der Waals surface area contributed by atoms with E-state index in [1.165, 1.54) is 6.20 Å². The van der Waals surface area contributed by atoms with E-state index >= 15 is 0 Å². The maximum Gasteiger partial charge on any atom is 0.228 e. The van der Waals surface area contributed by atoms with Gasteiger partial charge in [-0.25, -0.2) is 0 Å². The van der Waals surface area contributed by atoms with Crippen molar-refractivity contribution in [3.05, 3.63) is 35.9 Å². The van der Waals surface area contributed by atoms with Crippen LogP contribution >= 0.6 is 0 Å². The smallest absolute Gasteiger partial charge is 0.228 e. The molecule has 0 radical (unpaired) electrons. The first-order valence-electron chi connectivity index (χ1n) is 9.15. The van der Waals surface area contributed by atoms with Gasteiger partial charge in [-0.2, -0.15) is 20.3 Å². The molecular weight excluding hydrogens is 344 g/mol. The fourth-order valence-corrected chi connectivity index (χ4v) is 3.93. The summed E-state index contributed by atoms with van der Waals surface area (Å²) in [4.78, 5) is 21.0. The number of rotatable bonds is 3. The van der Waals surface area contributed by atoms with Gasteiger partial charge in [-0.3, -0.25) is 9.78 Å². The number of aromatic nitrogens is 4. The van der Waals surface area contributed by atoms with Crippen LogP contribution in [0.2, 0.25) is 0 Å². The standard InChI is InChI=1S/C19H22N6O2/c1-19(2,15-7-16(8-15)25-22-3-4-23-25)18(26)24-5-6-27-17-13(9-20)10-21-11-14(17)12-24/h3-4,10-11,15-16H,5-8,12H2,1-2H3. The lowest BCUT2D eigenvalue weighted by molar-refractivity contribution is -0.147. The third-order valence-corrected chi connectivity index (χ3v) is 5.79. The van der Waals surface area contributed by atoms with Gasteiger partial charge in [0.25, 0.3) is 0 Å². The van der Waals surface area contributed by atoms with Crippen LogP contribution < -0.4 is 4.74 Å². The highest BCUT2D eigenvalue weighted by Crippen LogP contribution is 2.48. The summed E-state index contributed by atoms with van der Waals surface area (Å²) in [5, 5.41) is 17.6. The van der Waals surface area contributed by atoms with Gasteiger partial charge < -0.3 is 9.64 Å². The average molecular weight is 366 g/mol. The van der Waals surface area contributed by atoms with Crippen molar-refractivity contribution >= 4 is 5.91 Å². The van der Waals surface area contributed by atoms with E-state index in [2.05, 4.69) is 21.3 Å². The maximum absolute atomic E-state index is 13.3. The van der Waals surface area contributed by atoms with Gasteiger partial charge in [0.1, 0.15) is 24.0 Å². The molecule has 27 heavy (non-hydrogen) atoms. The molecule has 0 aromatic carbocycles. The zero-order valence-corrected chi connectivity index (χ0v) is 15.5. The van der Waals surface area contributed by atoms with Gasteiger partial charge in [0.05, 0.1) is 31.5 Å². The van der Waals surface area contributed by atoms with E-state index in [0.717, 1.165) is 18.4 Å². The molecule has 2 aliphatic rings. The van der Waals surface area contributed by atoms with Crippen molar-refractivity contribution in [1.29, 1.82) is 5.26 Å². The molecule has 4 rings (SSSR count). The van der Waals surface area contributed by atoms with Crippen LogP contribution in [0.15, 0.2) is 24.8 Å². The van der Waals surface area contributed by atoms with E-state index in [0.29, 0.717) is 31.0 Å². The summed E-state index contributed by atoms with van der Waals surface area (Å²) in [7, 11) is 0. The van der Waals surface area contributed by atoms with Crippen LogP contribution in [-0.4, -0.2) is 43.9 Å². The summed E-state index contributed by atoms with van der Waals surface area (Å²) in [5.74, 6) is 0.945. The Hall–Kier alpha value is -2.95. The molecule has 2 aromatic rings. The molecule has 0 bridgehead atoms. The molecule has 8 nitrogen and oxygen atoms in total. The molecule has 1 aliphatic heterocycles. The molecule has 0 spiro atoms. The first kappa shape index (κ1) is 17.5. The minimum Gasteiger partial charge on any atom is -0.490 e. The molecule has 0 unspecified atom stereocenters. The second-order valence-corrected chi connectivity index (χ2v) is 7.76. The quantitative estimate of drug-likeness (QED) is 0.823. The van der Waals surface area contributed by atoms with Crippen LogP contribution in [0.5, 0.6) is 5.75 Å². The highest BCUT2D eigenvalue weighted by atomic mass is 16.5. The van der Waals surface area contributed by atoms with Crippen LogP contribution in [0.3, 0.4) is 0 Å². The average Bonchev–Trinajstić information content (AvgIpc) is 3.04. The van der Waals surface area contributed by atoms with Crippen molar-refractivity contribution in [1.82, 2.24) is 24.9 Å². The van der Waals surface area contributed by atoms with Gasteiger partial charge in [0, 0.05) is 23.4 Å². The number of hydrogen-bond donors (Lipinski definition) is 0. The van der Waals surface area contributed by atoms with Gasteiger partial charge >= 0.3 is 0 Å². The van der Waals surface area contributed by atoms with Crippen LogP contribution in [0.1, 0.15) is 43.9 Å². The SMILES string of the molecule is CC(C)(C(=O)N1CCOc2c(C#N)cncc2C1)C1CC(n2nccn2)C1. The lowest BCUT2D eigenvalue weighted by atomic mass is 9.64. The molecule has 0 N–H and O–H groups in total. The number of amides is 1. The van der Waals surface area contributed by atoms with Gasteiger partial charge in [-0.1, -0.05) is 13.8 Å². The highest BCUT2D eigenvalue weighted by molar-refractivity contribution is 5.82. The minimum absolute atomic E-state index is 0.109. The Morgan fingerprint density at radius 1 is 1.30 bits per heavy atom. The summed E-state index contributed by atoms with van der Waals surface area (Å²) in [5.41, 5.74) is 0.714. The normalized spacial score (nSPS) is 22.0. The fraction of sp³-hybridized carbons (Fsp3) is 0.526. The maximum atomic E-state index is 13.3. The summed E-state index contributed by atoms with van der Waals surface area (Å²) in [6, 6.07) is 2.38. The Morgan fingerprint density at radius 3 is 2.74 bits per heavy atom. The topological polar surface area (TPSA) is 96.9 Å². The van der Waals surface area contributed by atoms with Crippen molar-refractivity contribution in [2.45, 2.75) is 39.3 Å². The van der Waals surface area contributed by atoms with Crippen LogP contribution in [-0.2, 0) is 11.3 Å². The predicted molar refractivity (Wildman–Crippen MR) is 95.4 cm³/mol. The Balaban J connectivity index is 1.48. The van der Waals surface area contributed by atoms with E-state index in [1.807, 2.05) is 18.7 Å². The van der Waals surface area contributed by atoms with Gasteiger partial charge in [-0.05, 0) is 18.8 Å². The lowest BCUT2D eigenvalue weighted by Gasteiger charge is -2.45. The molecule has 2 aromatic heterocycles. The zero-order valence-electron chi connectivity index (χ0n) is 15.5.